The molecule has 0 aromatic rings. The van der Waals surface area contributed by atoms with Crippen LogP contribution in [0.4, 0.5) is 0 Å². The molecule has 0 spiro atoms. The van der Waals surface area contributed by atoms with Gasteiger partial charge in [0, 0.05) is 7.11 Å². The van der Waals surface area contributed by atoms with E-state index < -0.39 is 12.1 Å². The molecule has 0 heterocycles. The van der Waals surface area contributed by atoms with E-state index in [0.29, 0.717) is 6.42 Å². The number of rotatable bonds is 4. The molecule has 0 aliphatic rings. The van der Waals surface area contributed by atoms with Gasteiger partial charge in [0.2, 0.25) is 0 Å². The fraction of sp³-hybridized carbons (Fsp3) is 0.833. The quantitative estimate of drug-likeness (QED) is 0.565. The summed E-state index contributed by atoms with van der Waals surface area (Å²) in [4.78, 5) is 10.1. The molecular formula is C6H11O3. The first-order chi connectivity index (χ1) is 4.22. The normalized spacial score (nSPS) is 13.1. The molecule has 0 fully saturated rings. The zero-order valence-corrected chi connectivity index (χ0v) is 5.72. The van der Waals surface area contributed by atoms with Crippen LogP contribution in [0.3, 0.4) is 0 Å². The SMILES string of the molecule is CCCC(OC)C([O])=O. The maximum atomic E-state index is 10.1. The molecule has 0 saturated heterocycles. The van der Waals surface area contributed by atoms with Crippen molar-refractivity contribution in [1.82, 2.24) is 0 Å². The Balaban J connectivity index is 3.54. The van der Waals surface area contributed by atoms with E-state index in [1.165, 1.54) is 7.11 Å². The van der Waals surface area contributed by atoms with Gasteiger partial charge in [-0.1, -0.05) is 13.3 Å². The molecule has 1 atom stereocenters. The molecule has 0 rings (SSSR count). The molecule has 0 aromatic heterocycles. The van der Waals surface area contributed by atoms with Gasteiger partial charge in [0.1, 0.15) is 0 Å². The number of ether oxygens (including phenoxy) is 1. The molecular weight excluding hydrogens is 120 g/mol. The minimum absolute atomic E-state index is 0.527. The standard InChI is InChI=1S/C6H11O3/c1-3-4-5(9-2)6(7)8/h5H,3-4H2,1-2H3. The van der Waals surface area contributed by atoms with Crippen molar-refractivity contribution in [2.75, 3.05) is 7.11 Å². The lowest BCUT2D eigenvalue weighted by Crippen LogP contribution is -2.20. The Morgan fingerprint density at radius 1 is 1.67 bits per heavy atom. The zero-order valence-electron chi connectivity index (χ0n) is 5.72. The number of hydrogen-bond donors (Lipinski definition) is 0. The van der Waals surface area contributed by atoms with Crippen LogP contribution in [0, 0.1) is 0 Å². The summed E-state index contributed by atoms with van der Waals surface area (Å²) >= 11 is 0. The highest BCUT2D eigenvalue weighted by atomic mass is 16.5. The Morgan fingerprint density at radius 3 is 2.33 bits per heavy atom. The lowest BCUT2D eigenvalue weighted by molar-refractivity contribution is -0.155. The third-order valence-electron chi connectivity index (χ3n) is 1.10. The fourth-order valence-electron chi connectivity index (χ4n) is 0.594. The largest absolute Gasteiger partial charge is 0.383 e. The monoisotopic (exact) mass is 131 g/mol. The summed E-state index contributed by atoms with van der Waals surface area (Å²) in [6.07, 6.45) is 0.598. The zero-order chi connectivity index (χ0) is 7.28. The Bertz CT molecular complexity index is 90.3. The highest BCUT2D eigenvalue weighted by Crippen LogP contribution is 1.99. The molecule has 53 valence electrons. The Labute approximate surface area is 54.6 Å². The summed E-state index contributed by atoms with van der Waals surface area (Å²) in [7, 11) is 1.37. The predicted octanol–water partition coefficient (Wildman–Crippen LogP) is 0.759. The van der Waals surface area contributed by atoms with Gasteiger partial charge in [0.25, 0.3) is 0 Å². The van der Waals surface area contributed by atoms with Gasteiger partial charge in [0.15, 0.2) is 6.10 Å². The molecule has 1 radical (unpaired) electrons. The van der Waals surface area contributed by atoms with E-state index in [2.05, 4.69) is 4.74 Å². The van der Waals surface area contributed by atoms with Crippen LogP contribution in [0.15, 0.2) is 0 Å². The summed E-state index contributed by atoms with van der Waals surface area (Å²) in [5, 5.41) is 10.1. The highest BCUT2D eigenvalue weighted by Gasteiger charge is 2.15. The van der Waals surface area contributed by atoms with Crippen molar-refractivity contribution >= 4 is 5.97 Å². The number of hydrogen-bond acceptors (Lipinski definition) is 2. The fourth-order valence-corrected chi connectivity index (χ4v) is 0.594. The van der Waals surface area contributed by atoms with Gasteiger partial charge >= 0.3 is 5.97 Å². The van der Waals surface area contributed by atoms with E-state index in [0.717, 1.165) is 6.42 Å². The van der Waals surface area contributed by atoms with Crippen LogP contribution in [-0.2, 0) is 14.6 Å². The van der Waals surface area contributed by atoms with Crippen LogP contribution in [0.2, 0.25) is 0 Å². The molecule has 0 aliphatic heterocycles. The second-order valence-corrected chi connectivity index (χ2v) is 1.83. The first kappa shape index (κ1) is 8.43. The van der Waals surface area contributed by atoms with E-state index in [9.17, 15) is 9.90 Å². The van der Waals surface area contributed by atoms with E-state index >= 15 is 0 Å². The second kappa shape index (κ2) is 4.32. The molecule has 0 bridgehead atoms. The van der Waals surface area contributed by atoms with Crippen molar-refractivity contribution in [2.45, 2.75) is 25.9 Å². The van der Waals surface area contributed by atoms with Crippen molar-refractivity contribution in [3.8, 4) is 0 Å². The maximum absolute atomic E-state index is 10.1. The van der Waals surface area contributed by atoms with Crippen LogP contribution in [0.5, 0.6) is 0 Å². The molecule has 3 nitrogen and oxygen atoms in total. The first-order valence-corrected chi connectivity index (χ1v) is 2.96. The molecule has 0 amide bonds. The van der Waals surface area contributed by atoms with Gasteiger partial charge in [-0.15, -0.1) is 0 Å². The lowest BCUT2D eigenvalue weighted by atomic mass is 10.2. The van der Waals surface area contributed by atoms with Gasteiger partial charge in [0.05, 0.1) is 0 Å². The van der Waals surface area contributed by atoms with Gasteiger partial charge in [-0.05, 0) is 6.42 Å². The molecule has 0 N–H and O–H groups in total. The van der Waals surface area contributed by atoms with Crippen molar-refractivity contribution in [3.05, 3.63) is 0 Å². The summed E-state index contributed by atoms with van der Waals surface area (Å²) in [6, 6.07) is 0. The Kier molecular flexibility index (Phi) is 4.05. The van der Waals surface area contributed by atoms with Crippen molar-refractivity contribution < 1.29 is 14.6 Å². The molecule has 0 saturated carbocycles. The van der Waals surface area contributed by atoms with E-state index in [4.69, 9.17) is 0 Å². The van der Waals surface area contributed by atoms with Crippen LogP contribution < -0.4 is 0 Å². The average Bonchev–Trinajstić information content (AvgIpc) is 1.82. The van der Waals surface area contributed by atoms with Crippen LogP contribution in [0.1, 0.15) is 19.8 Å². The third kappa shape index (κ3) is 3.08. The van der Waals surface area contributed by atoms with Crippen molar-refractivity contribution in [2.24, 2.45) is 0 Å². The summed E-state index contributed by atoms with van der Waals surface area (Å²) < 4.78 is 4.59. The van der Waals surface area contributed by atoms with Gasteiger partial charge in [-0.2, -0.15) is 0 Å². The first-order valence-electron chi connectivity index (χ1n) is 2.96. The lowest BCUT2D eigenvalue weighted by Gasteiger charge is -2.04. The van der Waals surface area contributed by atoms with E-state index in [1.807, 2.05) is 6.92 Å². The van der Waals surface area contributed by atoms with Gasteiger partial charge in [-0.25, -0.2) is 9.90 Å². The number of methoxy groups -OCH3 is 1. The minimum atomic E-state index is -1.13. The van der Waals surface area contributed by atoms with Gasteiger partial charge < -0.3 is 4.74 Å². The molecule has 0 aliphatic carbocycles. The summed E-state index contributed by atoms with van der Waals surface area (Å²) in [5.41, 5.74) is 0. The maximum Gasteiger partial charge on any atom is 0.383 e. The minimum Gasteiger partial charge on any atom is -0.370 e. The molecule has 3 heteroatoms. The molecule has 9 heavy (non-hydrogen) atoms. The smallest absolute Gasteiger partial charge is 0.370 e. The Morgan fingerprint density at radius 2 is 2.22 bits per heavy atom. The van der Waals surface area contributed by atoms with Crippen LogP contribution in [0.25, 0.3) is 0 Å². The topological polar surface area (TPSA) is 46.2 Å². The summed E-state index contributed by atoms with van der Waals surface area (Å²) in [5.74, 6) is -1.13. The van der Waals surface area contributed by atoms with Crippen LogP contribution >= 0.6 is 0 Å². The second-order valence-electron chi connectivity index (χ2n) is 1.83. The van der Waals surface area contributed by atoms with Crippen LogP contribution in [-0.4, -0.2) is 19.2 Å². The van der Waals surface area contributed by atoms with E-state index in [-0.39, 0.29) is 0 Å². The predicted molar refractivity (Wildman–Crippen MR) is 31.4 cm³/mol. The number of carbonyl (C=O) groups excluding carboxylic acids is 1. The average molecular weight is 131 g/mol. The molecule has 1 unspecified atom stereocenters. The summed E-state index contributed by atoms with van der Waals surface area (Å²) in [6.45, 7) is 1.90. The van der Waals surface area contributed by atoms with Crippen molar-refractivity contribution in [3.63, 3.8) is 0 Å². The Hall–Kier alpha value is -0.570. The third-order valence-corrected chi connectivity index (χ3v) is 1.10. The van der Waals surface area contributed by atoms with Crippen molar-refractivity contribution in [1.29, 1.82) is 0 Å². The highest BCUT2D eigenvalue weighted by molar-refractivity contribution is 5.71. The van der Waals surface area contributed by atoms with Gasteiger partial charge in [-0.3, -0.25) is 0 Å². The van der Waals surface area contributed by atoms with E-state index in [1.54, 1.807) is 0 Å². The number of carbonyl (C=O) groups is 1. The molecule has 0 aromatic carbocycles.